The number of hydrazone groups is 1. The van der Waals surface area contributed by atoms with Crippen molar-refractivity contribution in [3.8, 4) is 0 Å². The Kier molecular flexibility index (Phi) is 4.97. The highest BCUT2D eigenvalue weighted by molar-refractivity contribution is 7.21. The van der Waals surface area contributed by atoms with Gasteiger partial charge in [-0.05, 0) is 17.5 Å². The number of hydrogen-bond donors (Lipinski definition) is 1. The molecule has 1 amide bonds. The lowest BCUT2D eigenvalue weighted by molar-refractivity contribution is 0.0959. The van der Waals surface area contributed by atoms with Crippen LogP contribution in [-0.2, 0) is 0 Å². The maximum Gasteiger partial charge on any atom is 0.283 e. The van der Waals surface area contributed by atoms with Crippen molar-refractivity contribution >= 4 is 44.6 Å². The Labute approximate surface area is 150 Å². The second kappa shape index (κ2) is 7.16. The standard InChI is InChI=1S/C19H17ClN2OS/c1-12(2)17(13-8-4-3-5-9-13)21-22-19(23)18-16(20)14-10-6-7-11-15(14)24-18/h3-12H,1-2H3,(H,22,23). The van der Waals surface area contributed by atoms with Crippen molar-refractivity contribution in [2.24, 2.45) is 11.0 Å². The number of hydrogen-bond acceptors (Lipinski definition) is 3. The van der Waals surface area contributed by atoms with E-state index in [-0.39, 0.29) is 11.8 Å². The van der Waals surface area contributed by atoms with Gasteiger partial charge in [0, 0.05) is 10.1 Å². The van der Waals surface area contributed by atoms with Gasteiger partial charge in [0.25, 0.3) is 5.91 Å². The van der Waals surface area contributed by atoms with Crippen LogP contribution < -0.4 is 5.43 Å². The molecular formula is C19H17ClN2OS. The van der Waals surface area contributed by atoms with Crippen LogP contribution in [0.3, 0.4) is 0 Å². The van der Waals surface area contributed by atoms with Gasteiger partial charge in [0.1, 0.15) is 4.88 Å². The highest BCUT2D eigenvalue weighted by atomic mass is 35.5. The normalized spacial score (nSPS) is 11.9. The number of benzene rings is 2. The molecule has 0 aliphatic heterocycles. The number of thiophene rings is 1. The minimum absolute atomic E-state index is 0.186. The fraction of sp³-hybridized carbons (Fsp3) is 0.158. The molecule has 122 valence electrons. The average molecular weight is 357 g/mol. The van der Waals surface area contributed by atoms with Gasteiger partial charge in [-0.15, -0.1) is 11.3 Å². The predicted octanol–water partition coefficient (Wildman–Crippen LogP) is 5.34. The van der Waals surface area contributed by atoms with Crippen LogP contribution in [0.25, 0.3) is 10.1 Å². The summed E-state index contributed by atoms with van der Waals surface area (Å²) in [6, 6.07) is 17.5. The summed E-state index contributed by atoms with van der Waals surface area (Å²) in [6.07, 6.45) is 0. The molecule has 1 aromatic heterocycles. The van der Waals surface area contributed by atoms with Gasteiger partial charge in [-0.25, -0.2) is 5.43 Å². The van der Waals surface area contributed by atoms with Crippen LogP contribution in [0.15, 0.2) is 59.7 Å². The molecule has 2 aromatic carbocycles. The molecule has 0 radical (unpaired) electrons. The fourth-order valence-electron chi connectivity index (χ4n) is 2.46. The first-order chi connectivity index (χ1) is 11.6. The lowest BCUT2D eigenvalue weighted by Crippen LogP contribution is -2.21. The van der Waals surface area contributed by atoms with E-state index in [0.717, 1.165) is 21.4 Å². The zero-order valence-corrected chi connectivity index (χ0v) is 15.0. The van der Waals surface area contributed by atoms with E-state index < -0.39 is 0 Å². The molecule has 3 aromatic rings. The van der Waals surface area contributed by atoms with Gasteiger partial charge in [0.15, 0.2) is 0 Å². The van der Waals surface area contributed by atoms with Crippen LogP contribution in [0.5, 0.6) is 0 Å². The van der Waals surface area contributed by atoms with E-state index in [1.54, 1.807) is 0 Å². The number of rotatable bonds is 4. The Morgan fingerprint density at radius 2 is 1.75 bits per heavy atom. The van der Waals surface area contributed by atoms with Gasteiger partial charge in [0.05, 0.1) is 10.7 Å². The maximum absolute atomic E-state index is 12.5. The molecule has 3 rings (SSSR count). The summed E-state index contributed by atoms with van der Waals surface area (Å²) in [4.78, 5) is 13.0. The van der Waals surface area contributed by atoms with Gasteiger partial charge >= 0.3 is 0 Å². The largest absolute Gasteiger partial charge is 0.283 e. The van der Waals surface area contributed by atoms with E-state index in [0.29, 0.717) is 9.90 Å². The molecule has 0 atom stereocenters. The van der Waals surface area contributed by atoms with Crippen molar-refractivity contribution < 1.29 is 4.79 Å². The van der Waals surface area contributed by atoms with Gasteiger partial charge in [-0.1, -0.05) is 74.0 Å². The van der Waals surface area contributed by atoms with E-state index >= 15 is 0 Å². The first-order valence-corrected chi connectivity index (χ1v) is 8.87. The van der Waals surface area contributed by atoms with Crippen molar-refractivity contribution in [3.05, 3.63) is 70.1 Å². The Morgan fingerprint density at radius 1 is 1.08 bits per heavy atom. The number of nitrogens with one attached hydrogen (secondary N) is 1. The van der Waals surface area contributed by atoms with Crippen molar-refractivity contribution in [3.63, 3.8) is 0 Å². The van der Waals surface area contributed by atoms with E-state index in [4.69, 9.17) is 11.6 Å². The monoisotopic (exact) mass is 356 g/mol. The van der Waals surface area contributed by atoms with Crippen molar-refractivity contribution in [1.82, 2.24) is 5.43 Å². The van der Waals surface area contributed by atoms with Gasteiger partial charge in [0.2, 0.25) is 0 Å². The topological polar surface area (TPSA) is 41.5 Å². The van der Waals surface area contributed by atoms with Crippen LogP contribution in [0.1, 0.15) is 29.1 Å². The van der Waals surface area contributed by atoms with Gasteiger partial charge in [-0.3, -0.25) is 4.79 Å². The lowest BCUT2D eigenvalue weighted by atomic mass is 10.0. The third-order valence-corrected chi connectivity index (χ3v) is 5.31. The molecule has 0 saturated heterocycles. The molecule has 0 aliphatic carbocycles. The summed E-state index contributed by atoms with van der Waals surface area (Å²) in [7, 11) is 0. The molecule has 1 N–H and O–H groups in total. The van der Waals surface area contributed by atoms with Crippen molar-refractivity contribution in [2.75, 3.05) is 0 Å². The molecule has 3 nitrogen and oxygen atoms in total. The van der Waals surface area contributed by atoms with Gasteiger partial charge < -0.3 is 0 Å². The smallest absolute Gasteiger partial charge is 0.266 e. The van der Waals surface area contributed by atoms with Crippen LogP contribution >= 0.6 is 22.9 Å². The highest BCUT2D eigenvalue weighted by Gasteiger charge is 2.17. The summed E-state index contributed by atoms with van der Waals surface area (Å²) >= 11 is 7.72. The zero-order valence-electron chi connectivity index (χ0n) is 13.4. The summed E-state index contributed by atoms with van der Waals surface area (Å²) in [6.45, 7) is 4.09. The van der Waals surface area contributed by atoms with Crippen molar-refractivity contribution in [1.29, 1.82) is 0 Å². The molecule has 0 saturated carbocycles. The number of halogens is 1. The summed E-state index contributed by atoms with van der Waals surface area (Å²) in [5.74, 6) is -0.0964. The van der Waals surface area contributed by atoms with E-state index in [9.17, 15) is 4.79 Å². The first-order valence-electron chi connectivity index (χ1n) is 7.68. The Bertz CT molecular complexity index is 900. The summed E-state index contributed by atoms with van der Waals surface area (Å²) < 4.78 is 0.990. The summed E-state index contributed by atoms with van der Waals surface area (Å²) in [5.41, 5.74) is 4.49. The van der Waals surface area contributed by atoms with E-state index in [1.807, 2.05) is 68.4 Å². The number of carbonyl (C=O) groups is 1. The van der Waals surface area contributed by atoms with Crippen LogP contribution in [0.2, 0.25) is 5.02 Å². The Morgan fingerprint density at radius 3 is 2.42 bits per heavy atom. The first kappa shape index (κ1) is 16.7. The van der Waals surface area contributed by atoms with Crippen LogP contribution in [0.4, 0.5) is 0 Å². The minimum Gasteiger partial charge on any atom is -0.266 e. The molecule has 0 spiro atoms. The molecule has 24 heavy (non-hydrogen) atoms. The second-order valence-electron chi connectivity index (χ2n) is 5.70. The highest BCUT2D eigenvalue weighted by Crippen LogP contribution is 2.34. The second-order valence-corrected chi connectivity index (χ2v) is 7.13. The molecule has 1 heterocycles. The Hall–Kier alpha value is -2.17. The maximum atomic E-state index is 12.5. The third-order valence-electron chi connectivity index (χ3n) is 3.64. The van der Waals surface area contributed by atoms with Crippen LogP contribution in [-0.4, -0.2) is 11.6 Å². The molecule has 0 unspecified atom stereocenters. The molecular weight excluding hydrogens is 340 g/mol. The SMILES string of the molecule is CC(C)C(=NNC(=O)c1sc2ccccc2c1Cl)c1ccccc1. The Balaban J connectivity index is 1.88. The molecule has 0 fully saturated rings. The molecule has 5 heteroatoms. The lowest BCUT2D eigenvalue weighted by Gasteiger charge is -2.10. The number of fused-ring (bicyclic) bond motifs is 1. The quantitative estimate of drug-likeness (QED) is 0.497. The fourth-order valence-corrected chi connectivity index (χ4v) is 3.86. The van der Waals surface area contributed by atoms with Crippen LogP contribution in [0, 0.1) is 5.92 Å². The average Bonchev–Trinajstić information content (AvgIpc) is 2.93. The predicted molar refractivity (Wildman–Crippen MR) is 102 cm³/mol. The number of nitrogens with zero attached hydrogens (tertiary/aromatic N) is 1. The van der Waals surface area contributed by atoms with Crippen molar-refractivity contribution in [2.45, 2.75) is 13.8 Å². The minimum atomic E-state index is -0.282. The third kappa shape index (κ3) is 3.35. The zero-order chi connectivity index (χ0) is 17.1. The summed E-state index contributed by atoms with van der Waals surface area (Å²) in [5, 5.41) is 5.72. The molecule has 0 aliphatic rings. The van der Waals surface area contributed by atoms with E-state index in [1.165, 1.54) is 11.3 Å². The number of amides is 1. The van der Waals surface area contributed by atoms with Gasteiger partial charge in [-0.2, -0.15) is 5.10 Å². The number of carbonyl (C=O) groups excluding carboxylic acids is 1. The van der Waals surface area contributed by atoms with E-state index in [2.05, 4.69) is 10.5 Å². The molecule has 0 bridgehead atoms.